The number of imide groups is 1. The van der Waals surface area contributed by atoms with Crippen LogP contribution in [0.3, 0.4) is 0 Å². The van der Waals surface area contributed by atoms with E-state index >= 15 is 0 Å². The fourth-order valence-electron chi connectivity index (χ4n) is 2.66. The van der Waals surface area contributed by atoms with E-state index in [1.165, 1.54) is 12.1 Å². The van der Waals surface area contributed by atoms with Crippen molar-refractivity contribution in [2.75, 3.05) is 25.1 Å². The van der Waals surface area contributed by atoms with E-state index in [1.807, 2.05) is 39.8 Å². The highest BCUT2D eigenvalue weighted by atomic mass is 16.5. The van der Waals surface area contributed by atoms with Crippen molar-refractivity contribution in [3.63, 3.8) is 0 Å². The molecule has 0 bridgehead atoms. The van der Waals surface area contributed by atoms with E-state index in [0.29, 0.717) is 30.4 Å². The summed E-state index contributed by atoms with van der Waals surface area (Å²) in [6.45, 7) is 7.69. The molecule has 0 saturated heterocycles. The summed E-state index contributed by atoms with van der Waals surface area (Å²) < 4.78 is 15.9. The van der Waals surface area contributed by atoms with E-state index in [9.17, 15) is 14.4 Å². The van der Waals surface area contributed by atoms with Crippen molar-refractivity contribution >= 4 is 23.6 Å². The van der Waals surface area contributed by atoms with Gasteiger partial charge in [0.2, 0.25) is 0 Å². The van der Waals surface area contributed by atoms with Gasteiger partial charge in [0.15, 0.2) is 18.1 Å². The minimum atomic E-state index is -0.749. The SMILES string of the molecule is CCOc1ccc(C(=O)OCC(=O)NC(=O)Nc2ccc(C)cc2C)cc1OCC. The molecule has 8 heteroatoms. The van der Waals surface area contributed by atoms with Gasteiger partial charge in [0.1, 0.15) is 0 Å². The Hall–Kier alpha value is -3.55. The van der Waals surface area contributed by atoms with Crippen LogP contribution in [-0.4, -0.2) is 37.7 Å². The molecular weight excluding hydrogens is 388 g/mol. The molecule has 0 atom stereocenters. The maximum Gasteiger partial charge on any atom is 0.338 e. The number of aryl methyl sites for hydroxylation is 2. The van der Waals surface area contributed by atoms with Crippen molar-refractivity contribution in [3.8, 4) is 11.5 Å². The molecule has 0 spiro atoms. The Morgan fingerprint density at radius 2 is 1.60 bits per heavy atom. The summed E-state index contributed by atoms with van der Waals surface area (Å²) in [6, 6.07) is 9.40. The molecule has 0 aliphatic carbocycles. The zero-order valence-corrected chi connectivity index (χ0v) is 17.5. The average molecular weight is 414 g/mol. The third-order valence-corrected chi connectivity index (χ3v) is 4.00. The minimum Gasteiger partial charge on any atom is -0.490 e. The maximum absolute atomic E-state index is 12.2. The highest BCUT2D eigenvalue weighted by Gasteiger charge is 2.15. The van der Waals surface area contributed by atoms with Crippen LogP contribution in [-0.2, 0) is 9.53 Å². The number of anilines is 1. The number of benzene rings is 2. The Morgan fingerprint density at radius 1 is 0.900 bits per heavy atom. The van der Waals surface area contributed by atoms with Crippen LogP contribution in [0.2, 0.25) is 0 Å². The molecule has 0 aliphatic heterocycles. The molecule has 160 valence electrons. The van der Waals surface area contributed by atoms with E-state index in [1.54, 1.807) is 12.1 Å². The summed E-state index contributed by atoms with van der Waals surface area (Å²) in [4.78, 5) is 36.1. The van der Waals surface area contributed by atoms with E-state index < -0.39 is 24.5 Å². The van der Waals surface area contributed by atoms with Crippen LogP contribution in [0.4, 0.5) is 10.5 Å². The molecule has 0 aromatic heterocycles. The van der Waals surface area contributed by atoms with Gasteiger partial charge in [-0.1, -0.05) is 17.7 Å². The van der Waals surface area contributed by atoms with Gasteiger partial charge in [-0.05, 0) is 57.5 Å². The fourth-order valence-corrected chi connectivity index (χ4v) is 2.66. The molecule has 2 N–H and O–H groups in total. The molecule has 2 aromatic rings. The van der Waals surface area contributed by atoms with Crippen LogP contribution in [0, 0.1) is 13.8 Å². The van der Waals surface area contributed by atoms with Crippen molar-refractivity contribution < 1.29 is 28.6 Å². The lowest BCUT2D eigenvalue weighted by Gasteiger charge is -2.12. The first-order valence-electron chi connectivity index (χ1n) is 9.58. The molecule has 0 aliphatic rings. The van der Waals surface area contributed by atoms with Gasteiger partial charge in [-0.15, -0.1) is 0 Å². The van der Waals surface area contributed by atoms with Crippen LogP contribution < -0.4 is 20.1 Å². The lowest BCUT2D eigenvalue weighted by molar-refractivity contribution is -0.123. The standard InChI is InChI=1S/C22H26N2O6/c1-5-28-18-10-8-16(12-19(18)29-6-2)21(26)30-13-20(25)24-22(27)23-17-9-7-14(3)11-15(17)4/h7-12H,5-6,13H2,1-4H3,(H2,23,24,25,27). The summed E-state index contributed by atoms with van der Waals surface area (Å²) in [5, 5.41) is 4.71. The zero-order valence-electron chi connectivity index (χ0n) is 17.5. The summed E-state index contributed by atoms with van der Waals surface area (Å²) in [7, 11) is 0. The Balaban J connectivity index is 1.90. The second kappa shape index (κ2) is 10.8. The van der Waals surface area contributed by atoms with Gasteiger partial charge in [0, 0.05) is 5.69 Å². The number of nitrogens with one attached hydrogen (secondary N) is 2. The molecule has 8 nitrogen and oxygen atoms in total. The Bertz CT molecular complexity index is 926. The first-order valence-corrected chi connectivity index (χ1v) is 9.58. The van der Waals surface area contributed by atoms with Crippen molar-refractivity contribution in [2.24, 2.45) is 0 Å². The molecule has 0 unspecified atom stereocenters. The number of hydrogen-bond acceptors (Lipinski definition) is 6. The lowest BCUT2D eigenvalue weighted by Crippen LogP contribution is -2.37. The van der Waals surface area contributed by atoms with Crippen molar-refractivity contribution in [3.05, 3.63) is 53.1 Å². The summed E-state index contributed by atoms with van der Waals surface area (Å²) in [5.74, 6) is -0.548. The van der Waals surface area contributed by atoms with Gasteiger partial charge in [0.05, 0.1) is 18.8 Å². The van der Waals surface area contributed by atoms with Gasteiger partial charge in [0.25, 0.3) is 5.91 Å². The molecule has 0 saturated carbocycles. The van der Waals surface area contributed by atoms with E-state index in [2.05, 4.69) is 10.6 Å². The molecular formula is C22H26N2O6. The van der Waals surface area contributed by atoms with Crippen LogP contribution in [0.1, 0.15) is 35.3 Å². The summed E-state index contributed by atoms with van der Waals surface area (Å²) >= 11 is 0. The predicted molar refractivity (Wildman–Crippen MR) is 112 cm³/mol. The van der Waals surface area contributed by atoms with Gasteiger partial charge in [-0.3, -0.25) is 10.1 Å². The number of rotatable bonds is 8. The molecule has 0 fully saturated rings. The summed E-state index contributed by atoms with van der Waals surface area (Å²) in [5.41, 5.74) is 2.71. The molecule has 30 heavy (non-hydrogen) atoms. The van der Waals surface area contributed by atoms with Crippen molar-refractivity contribution in [1.82, 2.24) is 5.32 Å². The molecule has 2 aromatic carbocycles. The number of ether oxygens (including phenoxy) is 3. The predicted octanol–water partition coefficient (Wildman–Crippen LogP) is 3.61. The topological polar surface area (TPSA) is 103 Å². The molecule has 0 heterocycles. The monoisotopic (exact) mass is 414 g/mol. The minimum absolute atomic E-state index is 0.203. The highest BCUT2D eigenvalue weighted by Crippen LogP contribution is 2.28. The number of hydrogen-bond donors (Lipinski definition) is 2. The van der Waals surface area contributed by atoms with Crippen LogP contribution in [0.25, 0.3) is 0 Å². The first-order chi connectivity index (χ1) is 14.3. The number of esters is 1. The quantitative estimate of drug-likeness (QED) is 0.640. The van der Waals surface area contributed by atoms with Crippen LogP contribution in [0.15, 0.2) is 36.4 Å². The second-order valence-corrected chi connectivity index (χ2v) is 6.42. The highest BCUT2D eigenvalue weighted by molar-refractivity contribution is 6.02. The Kier molecular flexibility index (Phi) is 8.22. The van der Waals surface area contributed by atoms with Crippen molar-refractivity contribution in [2.45, 2.75) is 27.7 Å². The van der Waals surface area contributed by atoms with Crippen molar-refractivity contribution in [1.29, 1.82) is 0 Å². The number of urea groups is 1. The average Bonchev–Trinajstić information content (AvgIpc) is 2.70. The molecule has 0 radical (unpaired) electrons. The fraction of sp³-hybridized carbons (Fsp3) is 0.318. The van der Waals surface area contributed by atoms with E-state index in [0.717, 1.165) is 11.1 Å². The second-order valence-electron chi connectivity index (χ2n) is 6.42. The lowest BCUT2D eigenvalue weighted by atomic mass is 10.1. The zero-order chi connectivity index (χ0) is 22.1. The smallest absolute Gasteiger partial charge is 0.338 e. The molecule has 2 rings (SSSR count). The number of amides is 3. The third-order valence-electron chi connectivity index (χ3n) is 4.00. The van der Waals surface area contributed by atoms with Crippen LogP contribution >= 0.6 is 0 Å². The Morgan fingerprint density at radius 3 is 2.27 bits per heavy atom. The third kappa shape index (κ3) is 6.51. The number of carbonyl (C=O) groups excluding carboxylic acids is 3. The van der Waals surface area contributed by atoms with Gasteiger partial charge < -0.3 is 19.5 Å². The number of carbonyl (C=O) groups is 3. The van der Waals surface area contributed by atoms with E-state index in [-0.39, 0.29) is 5.56 Å². The van der Waals surface area contributed by atoms with Gasteiger partial charge in [-0.2, -0.15) is 0 Å². The Labute approximate surface area is 175 Å². The normalized spacial score (nSPS) is 10.1. The van der Waals surface area contributed by atoms with Gasteiger partial charge in [-0.25, -0.2) is 9.59 Å². The van der Waals surface area contributed by atoms with Gasteiger partial charge >= 0.3 is 12.0 Å². The van der Waals surface area contributed by atoms with E-state index in [4.69, 9.17) is 14.2 Å². The largest absolute Gasteiger partial charge is 0.490 e. The van der Waals surface area contributed by atoms with Crippen LogP contribution in [0.5, 0.6) is 11.5 Å². The summed E-state index contributed by atoms with van der Waals surface area (Å²) in [6.07, 6.45) is 0. The maximum atomic E-state index is 12.2. The first kappa shape index (κ1) is 22.7. The molecule has 3 amide bonds.